The van der Waals surface area contributed by atoms with E-state index in [1.54, 1.807) is 6.20 Å². The summed E-state index contributed by atoms with van der Waals surface area (Å²) in [6.45, 7) is 2.24. The summed E-state index contributed by atoms with van der Waals surface area (Å²) in [5, 5.41) is 2.72. The highest BCUT2D eigenvalue weighted by molar-refractivity contribution is 6.28. The number of nitrogens with one attached hydrogen (secondary N) is 1. The van der Waals surface area contributed by atoms with Gasteiger partial charge in [0.2, 0.25) is 5.28 Å². The number of halogens is 1. The van der Waals surface area contributed by atoms with Crippen molar-refractivity contribution in [1.82, 2.24) is 20.3 Å². The lowest BCUT2D eigenvalue weighted by atomic mass is 10.2. The summed E-state index contributed by atoms with van der Waals surface area (Å²) in [6.07, 6.45) is 2.97. The number of nitrogen functional groups attached to an aromatic ring is 1. The number of aromatic nitrogens is 3. The van der Waals surface area contributed by atoms with E-state index in [9.17, 15) is 4.79 Å². The Hall–Kier alpha value is -2.21. The van der Waals surface area contributed by atoms with Crippen molar-refractivity contribution in [2.45, 2.75) is 13.5 Å². The Morgan fingerprint density at radius 3 is 2.95 bits per heavy atom. The van der Waals surface area contributed by atoms with E-state index in [1.807, 2.05) is 19.1 Å². The number of hydrogen-bond acceptors (Lipinski definition) is 5. The molecule has 0 aliphatic carbocycles. The lowest BCUT2D eigenvalue weighted by Crippen LogP contribution is -2.25. The van der Waals surface area contributed by atoms with Gasteiger partial charge in [0, 0.05) is 12.4 Å². The molecule has 2 aromatic rings. The molecule has 0 atom stereocenters. The SMILES string of the molecule is Cc1cccnc1CNC(=O)c1cnc(Cl)nc1N. The van der Waals surface area contributed by atoms with Crippen LogP contribution in [0.15, 0.2) is 24.5 Å². The average Bonchev–Trinajstić information content (AvgIpc) is 2.37. The fourth-order valence-corrected chi connectivity index (χ4v) is 1.65. The average molecular weight is 278 g/mol. The molecule has 6 nitrogen and oxygen atoms in total. The predicted octanol–water partition coefficient (Wildman–Crippen LogP) is 1.35. The second-order valence-electron chi connectivity index (χ2n) is 3.89. The summed E-state index contributed by atoms with van der Waals surface area (Å²) in [7, 11) is 0. The van der Waals surface area contributed by atoms with Crippen LogP contribution in [0.4, 0.5) is 5.82 Å². The van der Waals surface area contributed by atoms with Gasteiger partial charge in [-0.25, -0.2) is 9.97 Å². The van der Waals surface area contributed by atoms with Crippen LogP contribution in [0.25, 0.3) is 0 Å². The van der Waals surface area contributed by atoms with Crippen LogP contribution in [0, 0.1) is 6.92 Å². The molecule has 0 unspecified atom stereocenters. The molecule has 1 amide bonds. The third-order valence-electron chi connectivity index (χ3n) is 2.57. The Morgan fingerprint density at radius 2 is 2.26 bits per heavy atom. The van der Waals surface area contributed by atoms with Gasteiger partial charge in [0.1, 0.15) is 5.82 Å². The molecule has 2 heterocycles. The molecule has 7 heteroatoms. The molecule has 0 saturated heterocycles. The smallest absolute Gasteiger partial charge is 0.256 e. The molecule has 0 aromatic carbocycles. The summed E-state index contributed by atoms with van der Waals surface area (Å²) in [4.78, 5) is 23.6. The van der Waals surface area contributed by atoms with Crippen LogP contribution in [0.2, 0.25) is 5.28 Å². The van der Waals surface area contributed by atoms with Crippen LogP contribution in [-0.2, 0) is 6.54 Å². The van der Waals surface area contributed by atoms with Crippen molar-refractivity contribution in [3.05, 3.63) is 46.6 Å². The molecule has 98 valence electrons. The second kappa shape index (κ2) is 5.62. The van der Waals surface area contributed by atoms with Crippen molar-refractivity contribution in [3.8, 4) is 0 Å². The van der Waals surface area contributed by atoms with Gasteiger partial charge in [-0.1, -0.05) is 6.07 Å². The molecule has 0 spiro atoms. The van der Waals surface area contributed by atoms with Gasteiger partial charge < -0.3 is 11.1 Å². The molecule has 0 bridgehead atoms. The third-order valence-corrected chi connectivity index (χ3v) is 2.75. The Labute approximate surface area is 115 Å². The number of amides is 1. The highest BCUT2D eigenvalue weighted by Crippen LogP contribution is 2.10. The maximum Gasteiger partial charge on any atom is 0.256 e. The first kappa shape index (κ1) is 13.2. The number of carbonyl (C=O) groups excluding carboxylic acids is 1. The number of nitrogens with zero attached hydrogens (tertiary/aromatic N) is 3. The fraction of sp³-hybridized carbons (Fsp3) is 0.167. The number of nitrogens with two attached hydrogens (primary N) is 1. The van der Waals surface area contributed by atoms with Gasteiger partial charge >= 0.3 is 0 Å². The van der Waals surface area contributed by atoms with E-state index < -0.39 is 0 Å². The van der Waals surface area contributed by atoms with Crippen LogP contribution in [0.3, 0.4) is 0 Å². The largest absolute Gasteiger partial charge is 0.383 e. The molecule has 2 rings (SSSR count). The summed E-state index contributed by atoms with van der Waals surface area (Å²) >= 11 is 5.57. The summed E-state index contributed by atoms with van der Waals surface area (Å²) in [5.41, 5.74) is 7.60. The zero-order chi connectivity index (χ0) is 13.8. The van der Waals surface area contributed by atoms with Gasteiger partial charge in [-0.15, -0.1) is 0 Å². The molecular formula is C12H12ClN5O. The molecule has 0 saturated carbocycles. The first-order chi connectivity index (χ1) is 9.08. The van der Waals surface area contributed by atoms with E-state index in [4.69, 9.17) is 17.3 Å². The van der Waals surface area contributed by atoms with Crippen molar-refractivity contribution in [2.24, 2.45) is 0 Å². The van der Waals surface area contributed by atoms with E-state index in [2.05, 4.69) is 20.3 Å². The first-order valence-corrected chi connectivity index (χ1v) is 5.92. The number of hydrogen-bond donors (Lipinski definition) is 2. The quantitative estimate of drug-likeness (QED) is 0.826. The topological polar surface area (TPSA) is 93.8 Å². The molecule has 0 radical (unpaired) electrons. The molecule has 19 heavy (non-hydrogen) atoms. The number of rotatable bonds is 3. The highest BCUT2D eigenvalue weighted by Gasteiger charge is 2.12. The minimum absolute atomic E-state index is 0.00891. The van der Waals surface area contributed by atoms with E-state index in [-0.39, 0.29) is 22.6 Å². The van der Waals surface area contributed by atoms with Gasteiger partial charge in [-0.3, -0.25) is 9.78 Å². The minimum Gasteiger partial charge on any atom is -0.383 e. The van der Waals surface area contributed by atoms with Crippen LogP contribution in [0.5, 0.6) is 0 Å². The lowest BCUT2D eigenvalue weighted by Gasteiger charge is -2.07. The van der Waals surface area contributed by atoms with E-state index in [0.717, 1.165) is 11.3 Å². The Kier molecular flexibility index (Phi) is 3.91. The van der Waals surface area contributed by atoms with Gasteiger partial charge in [-0.2, -0.15) is 0 Å². The van der Waals surface area contributed by atoms with E-state index in [0.29, 0.717) is 6.54 Å². The van der Waals surface area contributed by atoms with Crippen molar-refractivity contribution < 1.29 is 4.79 Å². The van der Waals surface area contributed by atoms with Crippen LogP contribution in [0.1, 0.15) is 21.6 Å². The molecular weight excluding hydrogens is 266 g/mol. The fourth-order valence-electron chi connectivity index (χ4n) is 1.51. The van der Waals surface area contributed by atoms with Gasteiger partial charge in [0.15, 0.2) is 0 Å². The standard InChI is InChI=1S/C12H12ClN5O/c1-7-3-2-4-15-9(7)6-16-11(19)8-5-17-12(13)18-10(8)14/h2-5H,6H2,1H3,(H,16,19)(H2,14,17,18). The molecule has 3 N–H and O–H groups in total. The highest BCUT2D eigenvalue weighted by atomic mass is 35.5. The summed E-state index contributed by atoms with van der Waals surface area (Å²) < 4.78 is 0. The van der Waals surface area contributed by atoms with Gasteiger partial charge in [0.25, 0.3) is 5.91 Å². The monoisotopic (exact) mass is 277 g/mol. The maximum atomic E-state index is 11.9. The Balaban J connectivity index is 2.08. The molecule has 2 aromatic heterocycles. The maximum absolute atomic E-state index is 11.9. The van der Waals surface area contributed by atoms with E-state index >= 15 is 0 Å². The Morgan fingerprint density at radius 1 is 1.47 bits per heavy atom. The number of carbonyl (C=O) groups is 1. The third kappa shape index (κ3) is 3.17. The second-order valence-corrected chi connectivity index (χ2v) is 4.23. The van der Waals surface area contributed by atoms with Gasteiger partial charge in [0.05, 0.1) is 17.8 Å². The number of aryl methyl sites for hydroxylation is 1. The first-order valence-electron chi connectivity index (χ1n) is 5.54. The zero-order valence-electron chi connectivity index (χ0n) is 10.2. The minimum atomic E-state index is -0.362. The zero-order valence-corrected chi connectivity index (χ0v) is 11.0. The summed E-state index contributed by atoms with van der Waals surface area (Å²) in [6, 6.07) is 3.76. The van der Waals surface area contributed by atoms with Crippen molar-refractivity contribution in [2.75, 3.05) is 5.73 Å². The lowest BCUT2D eigenvalue weighted by molar-refractivity contribution is 0.0950. The van der Waals surface area contributed by atoms with Crippen molar-refractivity contribution in [1.29, 1.82) is 0 Å². The molecule has 0 aliphatic heterocycles. The van der Waals surface area contributed by atoms with Crippen molar-refractivity contribution in [3.63, 3.8) is 0 Å². The van der Waals surface area contributed by atoms with Gasteiger partial charge in [-0.05, 0) is 30.2 Å². The Bertz CT molecular complexity index is 617. The van der Waals surface area contributed by atoms with Crippen LogP contribution >= 0.6 is 11.6 Å². The van der Waals surface area contributed by atoms with E-state index in [1.165, 1.54) is 6.20 Å². The number of pyridine rings is 1. The summed E-state index contributed by atoms with van der Waals surface area (Å²) in [5.74, 6) is -0.311. The normalized spacial score (nSPS) is 10.2. The van der Waals surface area contributed by atoms with Crippen LogP contribution in [-0.4, -0.2) is 20.9 Å². The predicted molar refractivity (Wildman–Crippen MR) is 71.6 cm³/mol. The molecule has 0 fully saturated rings. The van der Waals surface area contributed by atoms with Crippen molar-refractivity contribution >= 4 is 23.3 Å². The van der Waals surface area contributed by atoms with Crippen LogP contribution < -0.4 is 11.1 Å². The number of anilines is 1. The molecule has 0 aliphatic rings.